The predicted molar refractivity (Wildman–Crippen MR) is 127 cm³/mol. The summed E-state index contributed by atoms with van der Waals surface area (Å²) >= 11 is 0. The minimum absolute atomic E-state index is 0.0413. The monoisotopic (exact) mass is 483 g/mol. The molecule has 0 spiro atoms. The standard InChI is InChI=1S/C26H28F3N5O/c1-15-12-26(28,29)9-7-17(15)21-22(18(8-11-31-21)20-19(27)6-5-10-30-20)34-23(35)16-13-32-24(33-14-16)25(2,3)4/h5-6,8,10-11,13-15,17H,7,9,12H2,1-4H3,(H,34,35)/t15-,17?/m1/s1. The molecule has 1 fully saturated rings. The predicted octanol–water partition coefficient (Wildman–Crippen LogP) is 6.16. The summed E-state index contributed by atoms with van der Waals surface area (Å²) in [5.74, 6) is -3.95. The van der Waals surface area contributed by atoms with Crippen molar-refractivity contribution in [2.45, 2.75) is 64.2 Å². The first-order chi connectivity index (χ1) is 16.5. The fourth-order valence-corrected chi connectivity index (χ4v) is 4.46. The highest BCUT2D eigenvalue weighted by molar-refractivity contribution is 6.06. The number of aromatic nitrogens is 4. The van der Waals surface area contributed by atoms with Crippen molar-refractivity contribution in [2.24, 2.45) is 5.92 Å². The second-order valence-electron chi connectivity index (χ2n) is 10.1. The summed E-state index contributed by atoms with van der Waals surface area (Å²) in [5.41, 5.74) is 1.00. The van der Waals surface area contributed by atoms with Gasteiger partial charge in [0.1, 0.15) is 17.3 Å². The maximum Gasteiger partial charge on any atom is 0.258 e. The molecule has 3 heterocycles. The number of carbonyl (C=O) groups is 1. The lowest BCUT2D eigenvalue weighted by Gasteiger charge is -2.34. The Labute approximate surface area is 202 Å². The Morgan fingerprint density at radius 1 is 1.09 bits per heavy atom. The number of alkyl halides is 2. The van der Waals surface area contributed by atoms with Gasteiger partial charge in [-0.1, -0.05) is 27.7 Å². The normalized spacial score (nSPS) is 19.9. The zero-order chi connectivity index (χ0) is 25.4. The van der Waals surface area contributed by atoms with Crippen LogP contribution in [0.2, 0.25) is 0 Å². The molecule has 35 heavy (non-hydrogen) atoms. The Hall–Kier alpha value is -3.36. The van der Waals surface area contributed by atoms with E-state index in [9.17, 15) is 18.0 Å². The van der Waals surface area contributed by atoms with Crippen LogP contribution in [0.25, 0.3) is 11.3 Å². The summed E-state index contributed by atoms with van der Waals surface area (Å²) in [5, 5.41) is 2.84. The van der Waals surface area contributed by atoms with Crippen LogP contribution in [0.5, 0.6) is 0 Å². The van der Waals surface area contributed by atoms with E-state index in [-0.39, 0.29) is 53.5 Å². The number of hydrogen-bond donors (Lipinski definition) is 1. The summed E-state index contributed by atoms with van der Waals surface area (Å²) in [6.07, 6.45) is 5.45. The number of halogens is 3. The van der Waals surface area contributed by atoms with Crippen molar-refractivity contribution in [3.8, 4) is 11.3 Å². The third kappa shape index (κ3) is 5.33. The lowest BCUT2D eigenvalue weighted by atomic mass is 9.76. The van der Waals surface area contributed by atoms with E-state index in [2.05, 4.69) is 25.3 Å². The molecule has 1 amide bonds. The number of rotatable bonds is 4. The van der Waals surface area contributed by atoms with Crippen LogP contribution in [0.3, 0.4) is 0 Å². The second-order valence-corrected chi connectivity index (χ2v) is 10.1. The van der Waals surface area contributed by atoms with Gasteiger partial charge in [-0.25, -0.2) is 23.1 Å². The van der Waals surface area contributed by atoms with E-state index in [1.165, 1.54) is 36.9 Å². The lowest BCUT2D eigenvalue weighted by molar-refractivity contribution is -0.0558. The molecule has 184 valence electrons. The van der Waals surface area contributed by atoms with Crippen molar-refractivity contribution in [3.63, 3.8) is 0 Å². The van der Waals surface area contributed by atoms with Crippen molar-refractivity contribution in [3.05, 3.63) is 65.9 Å². The Morgan fingerprint density at radius 2 is 1.80 bits per heavy atom. The molecule has 0 aliphatic heterocycles. The van der Waals surface area contributed by atoms with Crippen molar-refractivity contribution in [1.29, 1.82) is 0 Å². The van der Waals surface area contributed by atoms with Gasteiger partial charge >= 0.3 is 0 Å². The van der Waals surface area contributed by atoms with Crippen LogP contribution in [0.15, 0.2) is 43.0 Å². The first kappa shape index (κ1) is 24.8. The topological polar surface area (TPSA) is 80.7 Å². The molecule has 1 saturated carbocycles. The molecule has 1 aliphatic carbocycles. The van der Waals surface area contributed by atoms with Crippen molar-refractivity contribution < 1.29 is 18.0 Å². The van der Waals surface area contributed by atoms with Gasteiger partial charge in [-0.05, 0) is 30.5 Å². The summed E-state index contributed by atoms with van der Waals surface area (Å²) in [4.78, 5) is 30.4. The van der Waals surface area contributed by atoms with Crippen LogP contribution < -0.4 is 5.32 Å². The van der Waals surface area contributed by atoms with Gasteiger partial charge in [0, 0.05) is 54.5 Å². The molecule has 1 aliphatic rings. The quantitative estimate of drug-likeness (QED) is 0.481. The number of hydrogen-bond acceptors (Lipinski definition) is 5. The van der Waals surface area contributed by atoms with E-state index < -0.39 is 17.6 Å². The van der Waals surface area contributed by atoms with Crippen molar-refractivity contribution in [2.75, 3.05) is 5.32 Å². The average molecular weight is 484 g/mol. The largest absolute Gasteiger partial charge is 0.320 e. The SMILES string of the molecule is C[C@@H]1CC(F)(F)CCC1c1nccc(-c2ncccc2F)c1NC(=O)c1cnc(C(C)(C)C)nc1. The smallest absolute Gasteiger partial charge is 0.258 e. The minimum atomic E-state index is -2.74. The second kappa shape index (κ2) is 9.36. The van der Waals surface area contributed by atoms with E-state index in [1.807, 2.05) is 20.8 Å². The van der Waals surface area contributed by atoms with E-state index >= 15 is 0 Å². The first-order valence-electron chi connectivity index (χ1n) is 11.6. The number of pyridine rings is 2. The van der Waals surface area contributed by atoms with E-state index in [4.69, 9.17) is 0 Å². The summed E-state index contributed by atoms with van der Waals surface area (Å²) in [6, 6.07) is 4.31. The van der Waals surface area contributed by atoms with Gasteiger partial charge < -0.3 is 5.32 Å². The van der Waals surface area contributed by atoms with Crippen LogP contribution in [-0.4, -0.2) is 31.8 Å². The highest BCUT2D eigenvalue weighted by atomic mass is 19.3. The molecule has 0 saturated heterocycles. The number of anilines is 1. The molecular formula is C26H28F3N5O. The first-order valence-corrected chi connectivity index (χ1v) is 11.6. The zero-order valence-corrected chi connectivity index (χ0v) is 20.1. The Balaban J connectivity index is 1.76. The molecule has 2 atom stereocenters. The van der Waals surface area contributed by atoms with Gasteiger partial charge in [0.25, 0.3) is 5.91 Å². The highest BCUT2D eigenvalue weighted by Gasteiger charge is 2.41. The van der Waals surface area contributed by atoms with Crippen LogP contribution >= 0.6 is 0 Å². The molecule has 1 N–H and O–H groups in total. The molecule has 3 aromatic rings. The van der Waals surface area contributed by atoms with Gasteiger partial charge in [-0.2, -0.15) is 0 Å². The fraction of sp³-hybridized carbons (Fsp3) is 0.423. The number of amides is 1. The summed E-state index contributed by atoms with van der Waals surface area (Å²) in [7, 11) is 0. The summed E-state index contributed by atoms with van der Waals surface area (Å²) in [6.45, 7) is 7.64. The molecule has 6 nitrogen and oxygen atoms in total. The zero-order valence-electron chi connectivity index (χ0n) is 20.1. The van der Waals surface area contributed by atoms with Gasteiger partial charge in [-0.3, -0.25) is 14.8 Å². The molecule has 0 bridgehead atoms. The molecule has 3 aromatic heterocycles. The third-order valence-electron chi connectivity index (χ3n) is 6.30. The molecule has 4 rings (SSSR count). The molecule has 1 unspecified atom stereocenters. The highest BCUT2D eigenvalue weighted by Crippen LogP contribution is 2.47. The van der Waals surface area contributed by atoms with Gasteiger partial charge in [-0.15, -0.1) is 0 Å². The minimum Gasteiger partial charge on any atom is -0.320 e. The molecule has 0 aromatic carbocycles. The van der Waals surface area contributed by atoms with Crippen molar-refractivity contribution in [1.82, 2.24) is 19.9 Å². The number of carbonyl (C=O) groups excluding carboxylic acids is 1. The van der Waals surface area contributed by atoms with Crippen LogP contribution in [0, 0.1) is 11.7 Å². The number of nitrogens with zero attached hydrogens (tertiary/aromatic N) is 4. The molecule has 9 heteroatoms. The lowest BCUT2D eigenvalue weighted by Crippen LogP contribution is -2.31. The van der Waals surface area contributed by atoms with E-state index in [1.54, 1.807) is 13.0 Å². The molecule has 0 radical (unpaired) electrons. The number of nitrogens with one attached hydrogen (secondary N) is 1. The average Bonchev–Trinajstić information content (AvgIpc) is 2.79. The Bertz CT molecular complexity index is 1220. The van der Waals surface area contributed by atoms with Crippen molar-refractivity contribution >= 4 is 11.6 Å². The van der Waals surface area contributed by atoms with Crippen LogP contribution in [-0.2, 0) is 5.41 Å². The Kier molecular flexibility index (Phi) is 6.62. The summed E-state index contributed by atoms with van der Waals surface area (Å²) < 4.78 is 42.8. The Morgan fingerprint density at radius 3 is 2.43 bits per heavy atom. The fourth-order valence-electron chi connectivity index (χ4n) is 4.46. The molecular weight excluding hydrogens is 455 g/mol. The van der Waals surface area contributed by atoms with E-state index in [0.717, 1.165) is 0 Å². The maximum atomic E-state index is 14.7. The third-order valence-corrected chi connectivity index (χ3v) is 6.30. The van der Waals surface area contributed by atoms with Gasteiger partial charge in [0.15, 0.2) is 0 Å². The maximum absolute atomic E-state index is 14.7. The van der Waals surface area contributed by atoms with Crippen LogP contribution in [0.4, 0.5) is 18.9 Å². The van der Waals surface area contributed by atoms with Crippen LogP contribution in [0.1, 0.15) is 74.8 Å². The van der Waals surface area contributed by atoms with Gasteiger partial charge in [0.2, 0.25) is 5.92 Å². The van der Waals surface area contributed by atoms with E-state index in [0.29, 0.717) is 17.1 Å². The van der Waals surface area contributed by atoms with Gasteiger partial charge in [0.05, 0.1) is 16.9 Å².